The maximum absolute atomic E-state index is 12.6. The third-order valence-electron chi connectivity index (χ3n) is 4.36. The van der Waals surface area contributed by atoms with Gasteiger partial charge in [0.15, 0.2) is 0 Å². The number of thioether (sulfide) groups is 1. The number of hydrogen-bond acceptors (Lipinski definition) is 3. The van der Waals surface area contributed by atoms with Crippen LogP contribution in [-0.4, -0.2) is 46.8 Å². The average Bonchev–Trinajstić information content (AvgIpc) is 2.42. The highest BCUT2D eigenvalue weighted by molar-refractivity contribution is 7.99. The zero-order valence-electron chi connectivity index (χ0n) is 12.7. The van der Waals surface area contributed by atoms with Crippen LogP contribution in [0.5, 0.6) is 0 Å². The number of nitrogens with one attached hydrogen (secondary N) is 1. The fourth-order valence-electron chi connectivity index (χ4n) is 3.27. The summed E-state index contributed by atoms with van der Waals surface area (Å²) in [6, 6.07) is -0.0406. The maximum Gasteiger partial charge on any atom is 0.245 e. The first kappa shape index (κ1) is 15.7. The smallest absolute Gasteiger partial charge is 0.245 e. The van der Waals surface area contributed by atoms with Crippen molar-refractivity contribution in [3.8, 4) is 0 Å². The Labute approximate surface area is 126 Å². The van der Waals surface area contributed by atoms with E-state index >= 15 is 0 Å². The molecule has 1 aliphatic carbocycles. The van der Waals surface area contributed by atoms with Gasteiger partial charge >= 0.3 is 0 Å². The van der Waals surface area contributed by atoms with Gasteiger partial charge in [-0.05, 0) is 44.3 Å². The molecule has 1 heterocycles. The maximum atomic E-state index is 12.6. The van der Waals surface area contributed by atoms with E-state index in [2.05, 4.69) is 25.4 Å². The molecule has 0 bridgehead atoms. The van der Waals surface area contributed by atoms with Gasteiger partial charge in [-0.25, -0.2) is 0 Å². The fourth-order valence-corrected chi connectivity index (χ4v) is 4.01. The molecule has 0 aromatic carbocycles. The van der Waals surface area contributed by atoms with Crippen LogP contribution in [0.2, 0.25) is 0 Å². The van der Waals surface area contributed by atoms with Crippen molar-refractivity contribution in [3.05, 3.63) is 0 Å². The molecule has 1 saturated heterocycles. The molecule has 2 amide bonds. The summed E-state index contributed by atoms with van der Waals surface area (Å²) >= 11 is 1.92. The van der Waals surface area contributed by atoms with E-state index in [0.29, 0.717) is 5.92 Å². The molecule has 1 unspecified atom stereocenters. The Bertz CT molecular complexity index is 365. The van der Waals surface area contributed by atoms with Gasteiger partial charge < -0.3 is 10.2 Å². The molecule has 114 valence electrons. The molecule has 20 heavy (non-hydrogen) atoms. The Balaban J connectivity index is 1.99. The van der Waals surface area contributed by atoms with Gasteiger partial charge in [0.2, 0.25) is 11.8 Å². The van der Waals surface area contributed by atoms with Gasteiger partial charge in [-0.15, -0.1) is 0 Å². The lowest BCUT2D eigenvalue weighted by Gasteiger charge is -2.41. The van der Waals surface area contributed by atoms with Gasteiger partial charge in [0, 0.05) is 11.3 Å². The van der Waals surface area contributed by atoms with E-state index in [4.69, 9.17) is 0 Å². The van der Waals surface area contributed by atoms with Crippen LogP contribution in [0.4, 0.5) is 0 Å². The zero-order chi connectivity index (χ0) is 14.7. The van der Waals surface area contributed by atoms with E-state index in [0.717, 1.165) is 37.4 Å². The highest BCUT2D eigenvalue weighted by Gasteiger charge is 2.37. The molecule has 4 nitrogen and oxygen atoms in total. The second-order valence-electron chi connectivity index (χ2n) is 6.38. The standard InChI is InChI=1S/C15H26N2O2S/c1-10(2)8-13-15(19)17(9-14(18)16-13)11-4-6-12(20-3)7-5-11/h10-13H,4-9H2,1-3H3,(H,16,18). The van der Waals surface area contributed by atoms with Crippen LogP contribution in [0.3, 0.4) is 0 Å². The molecule has 1 saturated carbocycles. The first-order chi connectivity index (χ1) is 9.51. The van der Waals surface area contributed by atoms with Crippen LogP contribution >= 0.6 is 11.8 Å². The summed E-state index contributed by atoms with van der Waals surface area (Å²) in [6.45, 7) is 4.42. The van der Waals surface area contributed by atoms with E-state index < -0.39 is 0 Å². The van der Waals surface area contributed by atoms with E-state index in [1.807, 2.05) is 16.7 Å². The summed E-state index contributed by atoms with van der Waals surface area (Å²) in [7, 11) is 0. The number of carbonyl (C=O) groups is 2. The molecular formula is C15H26N2O2S. The van der Waals surface area contributed by atoms with Gasteiger partial charge in [0.1, 0.15) is 6.04 Å². The van der Waals surface area contributed by atoms with Crippen molar-refractivity contribution < 1.29 is 9.59 Å². The highest BCUT2D eigenvalue weighted by Crippen LogP contribution is 2.30. The van der Waals surface area contributed by atoms with Crippen LogP contribution in [0.1, 0.15) is 46.0 Å². The summed E-state index contributed by atoms with van der Waals surface area (Å²) in [5, 5.41) is 3.58. The van der Waals surface area contributed by atoms with E-state index in [9.17, 15) is 9.59 Å². The molecule has 2 fully saturated rings. The van der Waals surface area contributed by atoms with Crippen molar-refractivity contribution in [1.29, 1.82) is 0 Å². The second-order valence-corrected chi connectivity index (χ2v) is 7.52. The van der Waals surface area contributed by atoms with E-state index in [-0.39, 0.29) is 30.4 Å². The molecule has 5 heteroatoms. The van der Waals surface area contributed by atoms with Gasteiger partial charge in [-0.3, -0.25) is 9.59 Å². The predicted molar refractivity (Wildman–Crippen MR) is 82.7 cm³/mol. The van der Waals surface area contributed by atoms with Gasteiger partial charge in [0.05, 0.1) is 6.54 Å². The number of piperazine rings is 1. The Morgan fingerprint density at radius 3 is 2.45 bits per heavy atom. The summed E-state index contributed by atoms with van der Waals surface area (Å²) in [4.78, 5) is 26.3. The summed E-state index contributed by atoms with van der Waals surface area (Å²) < 4.78 is 0. The second kappa shape index (κ2) is 6.83. The molecule has 0 aromatic heterocycles. The van der Waals surface area contributed by atoms with Crippen molar-refractivity contribution in [1.82, 2.24) is 10.2 Å². The van der Waals surface area contributed by atoms with Crippen molar-refractivity contribution in [2.24, 2.45) is 5.92 Å². The monoisotopic (exact) mass is 298 g/mol. The molecule has 2 aliphatic rings. The average molecular weight is 298 g/mol. The number of nitrogens with zero attached hydrogens (tertiary/aromatic N) is 1. The minimum atomic E-state index is -0.311. The van der Waals surface area contributed by atoms with Crippen LogP contribution in [0.15, 0.2) is 0 Å². The van der Waals surface area contributed by atoms with Crippen molar-refractivity contribution in [3.63, 3.8) is 0 Å². The molecule has 0 radical (unpaired) electrons. The highest BCUT2D eigenvalue weighted by atomic mass is 32.2. The van der Waals surface area contributed by atoms with Crippen molar-refractivity contribution in [2.45, 2.75) is 63.3 Å². The third-order valence-corrected chi connectivity index (χ3v) is 5.49. The molecular weight excluding hydrogens is 272 g/mol. The Morgan fingerprint density at radius 2 is 1.90 bits per heavy atom. The number of carbonyl (C=O) groups excluding carboxylic acids is 2. The molecule has 1 atom stereocenters. The fraction of sp³-hybridized carbons (Fsp3) is 0.867. The first-order valence-corrected chi connectivity index (χ1v) is 8.92. The zero-order valence-corrected chi connectivity index (χ0v) is 13.5. The molecule has 1 N–H and O–H groups in total. The summed E-state index contributed by atoms with van der Waals surface area (Å²) in [6.07, 6.45) is 7.29. The number of rotatable bonds is 4. The van der Waals surface area contributed by atoms with Gasteiger partial charge in [0.25, 0.3) is 0 Å². The lowest BCUT2D eigenvalue weighted by atomic mass is 9.91. The lowest BCUT2D eigenvalue weighted by molar-refractivity contribution is -0.147. The van der Waals surface area contributed by atoms with Gasteiger partial charge in [-0.2, -0.15) is 11.8 Å². The topological polar surface area (TPSA) is 49.4 Å². The Morgan fingerprint density at radius 1 is 1.25 bits per heavy atom. The van der Waals surface area contributed by atoms with E-state index in [1.54, 1.807) is 0 Å². The number of hydrogen-bond donors (Lipinski definition) is 1. The van der Waals surface area contributed by atoms with Gasteiger partial charge in [-0.1, -0.05) is 13.8 Å². The third kappa shape index (κ3) is 3.68. The van der Waals surface area contributed by atoms with Crippen molar-refractivity contribution in [2.75, 3.05) is 12.8 Å². The van der Waals surface area contributed by atoms with Crippen molar-refractivity contribution >= 4 is 23.6 Å². The quantitative estimate of drug-likeness (QED) is 0.864. The minimum absolute atomic E-state index is 0.00207. The molecule has 0 aromatic rings. The van der Waals surface area contributed by atoms with Crippen LogP contribution in [0.25, 0.3) is 0 Å². The largest absolute Gasteiger partial charge is 0.343 e. The minimum Gasteiger partial charge on any atom is -0.343 e. The predicted octanol–water partition coefficient (Wildman–Crippen LogP) is 2.03. The molecule has 2 rings (SSSR count). The normalized spacial score (nSPS) is 31.6. The Hall–Kier alpha value is -0.710. The summed E-state index contributed by atoms with van der Waals surface area (Å²) in [5.41, 5.74) is 0. The van der Waals surface area contributed by atoms with Crippen LogP contribution < -0.4 is 5.32 Å². The first-order valence-electron chi connectivity index (χ1n) is 7.64. The van der Waals surface area contributed by atoms with E-state index in [1.165, 1.54) is 0 Å². The van der Waals surface area contributed by atoms with Crippen LogP contribution in [0, 0.1) is 5.92 Å². The lowest BCUT2D eigenvalue weighted by Crippen LogP contribution is -2.61. The molecule has 0 spiro atoms. The molecule has 1 aliphatic heterocycles. The van der Waals surface area contributed by atoms with Crippen LogP contribution in [-0.2, 0) is 9.59 Å². The summed E-state index contributed by atoms with van der Waals surface area (Å²) in [5.74, 6) is 0.546. The SMILES string of the molecule is CSC1CCC(N2CC(=O)NC(CC(C)C)C2=O)CC1. The number of amides is 2. The Kier molecular flexibility index (Phi) is 5.35.